The van der Waals surface area contributed by atoms with Crippen LogP contribution in [0.3, 0.4) is 0 Å². The zero-order valence-corrected chi connectivity index (χ0v) is 7.44. The van der Waals surface area contributed by atoms with Crippen LogP contribution < -0.4 is 11.1 Å². The fraction of sp³-hybridized carbons (Fsp3) is 0.714. The first-order valence-corrected chi connectivity index (χ1v) is 4.24. The van der Waals surface area contributed by atoms with Crippen LogP contribution in [0.5, 0.6) is 0 Å². The molecule has 1 aliphatic heterocycles. The van der Waals surface area contributed by atoms with Gasteiger partial charge in [-0.3, -0.25) is 0 Å². The average Bonchev–Trinajstić information content (AvgIpc) is 2.61. The number of nitrogen functional groups attached to an aromatic ring is 1. The van der Waals surface area contributed by atoms with Crippen molar-refractivity contribution in [3.63, 3.8) is 0 Å². The lowest BCUT2D eigenvalue weighted by atomic mass is 10.2. The van der Waals surface area contributed by atoms with E-state index >= 15 is 0 Å². The van der Waals surface area contributed by atoms with Gasteiger partial charge in [0, 0.05) is 13.6 Å². The molecule has 1 aromatic heterocycles. The summed E-state index contributed by atoms with van der Waals surface area (Å²) in [6.45, 7) is 0.600. The first kappa shape index (κ1) is 8.46. The summed E-state index contributed by atoms with van der Waals surface area (Å²) in [6.07, 6.45) is 0.360. The maximum Gasteiger partial charge on any atom is 0.218 e. The molecule has 13 heavy (non-hydrogen) atoms. The highest BCUT2D eigenvalue weighted by atomic mass is 16.3. The number of β-amino-alcohol motifs (C(OH)–C–C–N with tert-alkyl or cyclic N) is 1. The Bertz CT molecular complexity index is 290. The fourth-order valence-electron chi connectivity index (χ4n) is 1.48. The SMILES string of the molecule is Cn1nc(C2CC(O)CN2)nc1N. The Morgan fingerprint density at radius 1 is 1.69 bits per heavy atom. The molecule has 0 amide bonds. The normalized spacial score (nSPS) is 28.2. The summed E-state index contributed by atoms with van der Waals surface area (Å²) in [5, 5.41) is 16.5. The summed E-state index contributed by atoms with van der Waals surface area (Å²) in [5.74, 6) is 1.06. The number of nitrogens with zero attached hydrogens (tertiary/aromatic N) is 3. The predicted molar refractivity (Wildman–Crippen MR) is 46.8 cm³/mol. The smallest absolute Gasteiger partial charge is 0.218 e. The third kappa shape index (κ3) is 1.50. The van der Waals surface area contributed by atoms with Crippen molar-refractivity contribution in [3.8, 4) is 0 Å². The fourth-order valence-corrected chi connectivity index (χ4v) is 1.48. The van der Waals surface area contributed by atoms with Crippen LogP contribution in [0.2, 0.25) is 0 Å². The van der Waals surface area contributed by atoms with E-state index < -0.39 is 0 Å². The maximum atomic E-state index is 9.28. The summed E-state index contributed by atoms with van der Waals surface area (Å²) < 4.78 is 1.53. The van der Waals surface area contributed by atoms with Crippen LogP contribution in [0.1, 0.15) is 18.3 Å². The van der Waals surface area contributed by atoms with E-state index in [0.717, 1.165) is 0 Å². The van der Waals surface area contributed by atoms with Crippen LogP contribution in [-0.4, -0.2) is 32.5 Å². The van der Waals surface area contributed by atoms with Gasteiger partial charge >= 0.3 is 0 Å². The van der Waals surface area contributed by atoms with Crippen molar-refractivity contribution >= 4 is 5.95 Å². The number of aromatic nitrogens is 3. The van der Waals surface area contributed by atoms with Crippen LogP contribution in [0.4, 0.5) is 5.95 Å². The zero-order valence-electron chi connectivity index (χ0n) is 7.44. The molecular formula is C7H13N5O. The Labute approximate surface area is 75.8 Å². The second-order valence-corrected chi connectivity index (χ2v) is 3.30. The lowest BCUT2D eigenvalue weighted by Gasteiger charge is -2.02. The van der Waals surface area contributed by atoms with Gasteiger partial charge in [0.1, 0.15) is 0 Å². The van der Waals surface area contributed by atoms with Crippen LogP contribution in [0.25, 0.3) is 0 Å². The van der Waals surface area contributed by atoms with Gasteiger partial charge in [-0.15, -0.1) is 0 Å². The van der Waals surface area contributed by atoms with Gasteiger partial charge in [-0.05, 0) is 6.42 Å². The molecule has 4 N–H and O–H groups in total. The van der Waals surface area contributed by atoms with E-state index in [1.54, 1.807) is 7.05 Å². The van der Waals surface area contributed by atoms with Crippen molar-refractivity contribution in [3.05, 3.63) is 5.82 Å². The van der Waals surface area contributed by atoms with E-state index in [1.807, 2.05) is 0 Å². The molecule has 0 aliphatic carbocycles. The van der Waals surface area contributed by atoms with Gasteiger partial charge < -0.3 is 16.2 Å². The molecule has 1 fully saturated rings. The summed E-state index contributed by atoms with van der Waals surface area (Å²) >= 11 is 0. The van der Waals surface area contributed by atoms with Crippen LogP contribution in [-0.2, 0) is 7.05 Å². The molecule has 6 nitrogen and oxygen atoms in total. The Kier molecular flexibility index (Phi) is 1.93. The molecule has 1 aliphatic rings. The number of hydrogen-bond acceptors (Lipinski definition) is 5. The number of aliphatic hydroxyl groups excluding tert-OH is 1. The maximum absolute atomic E-state index is 9.28. The second kappa shape index (κ2) is 2.97. The summed E-state index contributed by atoms with van der Waals surface area (Å²) in [6, 6.07) is 0.0403. The zero-order chi connectivity index (χ0) is 9.42. The highest BCUT2D eigenvalue weighted by molar-refractivity contribution is 5.17. The monoisotopic (exact) mass is 183 g/mol. The minimum Gasteiger partial charge on any atom is -0.392 e. The van der Waals surface area contributed by atoms with Gasteiger partial charge in [0.05, 0.1) is 12.1 Å². The van der Waals surface area contributed by atoms with Crippen molar-refractivity contribution in [1.82, 2.24) is 20.1 Å². The standard InChI is InChI=1S/C7H13N5O/c1-12-7(8)10-6(11-12)5-2-4(13)3-9-5/h4-5,9,13H,2-3H2,1H3,(H2,8,10,11). The largest absolute Gasteiger partial charge is 0.392 e. The topological polar surface area (TPSA) is 89.0 Å². The molecule has 1 aromatic rings. The first-order chi connectivity index (χ1) is 6.16. The van der Waals surface area contributed by atoms with Crippen LogP contribution in [0, 0.1) is 0 Å². The van der Waals surface area contributed by atoms with Gasteiger partial charge in [-0.25, -0.2) is 4.68 Å². The molecule has 0 aromatic carbocycles. The van der Waals surface area contributed by atoms with Gasteiger partial charge in [0.15, 0.2) is 5.82 Å². The number of nitrogens with two attached hydrogens (primary N) is 1. The van der Waals surface area contributed by atoms with E-state index in [2.05, 4.69) is 15.4 Å². The average molecular weight is 183 g/mol. The van der Waals surface area contributed by atoms with Gasteiger partial charge in [-0.2, -0.15) is 10.1 Å². The molecule has 2 heterocycles. The number of anilines is 1. The third-order valence-electron chi connectivity index (χ3n) is 2.23. The highest BCUT2D eigenvalue weighted by Crippen LogP contribution is 2.20. The van der Waals surface area contributed by atoms with E-state index in [0.29, 0.717) is 24.7 Å². The molecule has 72 valence electrons. The molecule has 2 unspecified atom stereocenters. The van der Waals surface area contributed by atoms with Crippen molar-refractivity contribution < 1.29 is 5.11 Å². The molecule has 0 radical (unpaired) electrons. The van der Waals surface area contributed by atoms with E-state index in [1.165, 1.54) is 4.68 Å². The number of aryl methyl sites for hydroxylation is 1. The number of nitrogens with one attached hydrogen (secondary N) is 1. The van der Waals surface area contributed by atoms with Crippen molar-refractivity contribution in [2.75, 3.05) is 12.3 Å². The number of aliphatic hydroxyl groups is 1. The second-order valence-electron chi connectivity index (χ2n) is 3.30. The predicted octanol–water partition coefficient (Wildman–Crippen LogP) is -1.21. The Morgan fingerprint density at radius 2 is 2.46 bits per heavy atom. The van der Waals surface area contributed by atoms with Gasteiger partial charge in [-0.1, -0.05) is 0 Å². The van der Waals surface area contributed by atoms with Crippen molar-refractivity contribution in [1.29, 1.82) is 0 Å². The summed E-state index contributed by atoms with van der Waals surface area (Å²) in [4.78, 5) is 4.08. The minimum absolute atomic E-state index is 0.0403. The molecule has 0 bridgehead atoms. The third-order valence-corrected chi connectivity index (χ3v) is 2.23. The lowest BCUT2D eigenvalue weighted by Crippen LogP contribution is -2.16. The molecule has 2 rings (SSSR count). The van der Waals surface area contributed by atoms with E-state index in [9.17, 15) is 5.11 Å². The molecular weight excluding hydrogens is 170 g/mol. The van der Waals surface area contributed by atoms with E-state index in [-0.39, 0.29) is 12.1 Å². The summed E-state index contributed by atoms with van der Waals surface area (Å²) in [7, 11) is 1.75. The molecule has 0 spiro atoms. The highest BCUT2D eigenvalue weighted by Gasteiger charge is 2.26. The number of hydrogen-bond donors (Lipinski definition) is 3. The molecule has 2 atom stereocenters. The van der Waals surface area contributed by atoms with Crippen molar-refractivity contribution in [2.24, 2.45) is 7.05 Å². The quantitative estimate of drug-likeness (QED) is 0.508. The Hall–Kier alpha value is -1.14. The molecule has 0 saturated carbocycles. The first-order valence-electron chi connectivity index (χ1n) is 4.24. The van der Waals surface area contributed by atoms with Crippen LogP contribution in [0.15, 0.2) is 0 Å². The Morgan fingerprint density at radius 3 is 2.92 bits per heavy atom. The van der Waals surface area contributed by atoms with Gasteiger partial charge in [0.2, 0.25) is 5.95 Å². The van der Waals surface area contributed by atoms with E-state index in [4.69, 9.17) is 5.73 Å². The molecule has 1 saturated heterocycles. The van der Waals surface area contributed by atoms with Gasteiger partial charge in [0.25, 0.3) is 0 Å². The summed E-state index contributed by atoms with van der Waals surface area (Å²) in [5.41, 5.74) is 5.54. The van der Waals surface area contributed by atoms with Crippen molar-refractivity contribution in [2.45, 2.75) is 18.6 Å². The molecule has 6 heteroatoms. The van der Waals surface area contributed by atoms with Crippen LogP contribution >= 0.6 is 0 Å². The minimum atomic E-state index is -0.296. The lowest BCUT2D eigenvalue weighted by molar-refractivity contribution is 0.193. The Balaban J connectivity index is 2.17. The number of rotatable bonds is 1.